The average Bonchev–Trinajstić information content (AvgIpc) is 2.63. The van der Waals surface area contributed by atoms with Crippen LogP contribution in [-0.4, -0.2) is 42.0 Å². The Bertz CT molecular complexity index is 667. The lowest BCUT2D eigenvalue weighted by atomic mass is 10.1. The lowest BCUT2D eigenvalue weighted by Crippen LogP contribution is -2.48. The first-order valence-corrected chi connectivity index (χ1v) is 9.82. The van der Waals surface area contributed by atoms with Gasteiger partial charge in [-0.05, 0) is 53.0 Å². The molecule has 25 heavy (non-hydrogen) atoms. The Labute approximate surface area is 159 Å². The van der Waals surface area contributed by atoms with Crippen molar-refractivity contribution in [2.75, 3.05) is 26.2 Å². The zero-order chi connectivity index (χ0) is 17.6. The third-order valence-electron chi connectivity index (χ3n) is 4.78. The zero-order valence-corrected chi connectivity index (χ0v) is 16.7. The van der Waals surface area contributed by atoms with Crippen molar-refractivity contribution in [1.29, 1.82) is 0 Å². The first-order valence-electron chi connectivity index (χ1n) is 9.03. The van der Waals surface area contributed by atoms with E-state index in [1.54, 1.807) is 0 Å². The summed E-state index contributed by atoms with van der Waals surface area (Å²) in [6, 6.07) is 17.4. The molecule has 0 aromatic heterocycles. The standard InChI is InChI=1S/C21H27BrN2O/c1-17(2)24-12-10-23(11-13-24)15-19-8-9-20(22)21(14-19)25-16-18-6-4-3-5-7-18/h3-9,14,17H,10-13,15-16H2,1-2H3. The van der Waals surface area contributed by atoms with Crippen molar-refractivity contribution in [3.63, 3.8) is 0 Å². The Kier molecular flexibility index (Phi) is 6.51. The van der Waals surface area contributed by atoms with Gasteiger partial charge in [-0.2, -0.15) is 0 Å². The normalized spacial score (nSPS) is 16.3. The van der Waals surface area contributed by atoms with Crippen LogP contribution in [0.15, 0.2) is 53.0 Å². The number of hydrogen-bond acceptors (Lipinski definition) is 3. The van der Waals surface area contributed by atoms with Gasteiger partial charge in [-0.15, -0.1) is 0 Å². The van der Waals surface area contributed by atoms with Gasteiger partial charge in [-0.1, -0.05) is 36.4 Å². The van der Waals surface area contributed by atoms with Crippen molar-refractivity contribution in [2.45, 2.75) is 33.0 Å². The minimum atomic E-state index is 0.593. The molecule has 0 aliphatic carbocycles. The second-order valence-corrected chi connectivity index (χ2v) is 7.80. The average molecular weight is 403 g/mol. The maximum Gasteiger partial charge on any atom is 0.134 e. The molecule has 2 aromatic rings. The Morgan fingerprint density at radius 1 is 0.960 bits per heavy atom. The van der Waals surface area contributed by atoms with E-state index in [0.717, 1.165) is 42.9 Å². The predicted molar refractivity (Wildman–Crippen MR) is 107 cm³/mol. The molecular weight excluding hydrogens is 376 g/mol. The summed E-state index contributed by atoms with van der Waals surface area (Å²) in [5.41, 5.74) is 2.49. The molecule has 0 unspecified atom stereocenters. The van der Waals surface area contributed by atoms with Crippen LogP contribution in [0.2, 0.25) is 0 Å². The van der Waals surface area contributed by atoms with Crippen molar-refractivity contribution >= 4 is 15.9 Å². The SMILES string of the molecule is CC(C)N1CCN(Cc2ccc(Br)c(OCc3ccccc3)c2)CC1. The Morgan fingerprint density at radius 2 is 1.68 bits per heavy atom. The maximum absolute atomic E-state index is 6.03. The van der Waals surface area contributed by atoms with E-state index in [1.807, 2.05) is 18.2 Å². The molecule has 1 aliphatic rings. The molecule has 3 rings (SSSR count). The molecule has 0 atom stereocenters. The number of halogens is 1. The maximum atomic E-state index is 6.03. The topological polar surface area (TPSA) is 15.7 Å². The molecule has 4 heteroatoms. The van der Waals surface area contributed by atoms with E-state index < -0.39 is 0 Å². The number of ether oxygens (including phenoxy) is 1. The summed E-state index contributed by atoms with van der Waals surface area (Å²) in [6.07, 6.45) is 0. The molecule has 1 heterocycles. The lowest BCUT2D eigenvalue weighted by Gasteiger charge is -2.37. The van der Waals surface area contributed by atoms with Gasteiger partial charge < -0.3 is 4.74 Å². The smallest absolute Gasteiger partial charge is 0.134 e. The third-order valence-corrected chi connectivity index (χ3v) is 5.43. The van der Waals surface area contributed by atoms with Crippen LogP contribution in [0.1, 0.15) is 25.0 Å². The molecule has 0 spiro atoms. The van der Waals surface area contributed by atoms with Gasteiger partial charge in [-0.25, -0.2) is 0 Å². The van der Waals surface area contributed by atoms with Crippen LogP contribution in [0, 0.1) is 0 Å². The molecular formula is C21H27BrN2O. The fraction of sp³-hybridized carbons (Fsp3) is 0.429. The highest BCUT2D eigenvalue weighted by atomic mass is 79.9. The Morgan fingerprint density at radius 3 is 2.36 bits per heavy atom. The molecule has 0 bridgehead atoms. The summed E-state index contributed by atoms with van der Waals surface area (Å²) in [7, 11) is 0. The van der Waals surface area contributed by atoms with Gasteiger partial charge in [0.15, 0.2) is 0 Å². The molecule has 0 N–H and O–H groups in total. The number of hydrogen-bond donors (Lipinski definition) is 0. The van der Waals surface area contributed by atoms with E-state index in [2.05, 4.69) is 69.9 Å². The van der Waals surface area contributed by atoms with Crippen LogP contribution >= 0.6 is 15.9 Å². The van der Waals surface area contributed by atoms with Crippen LogP contribution < -0.4 is 4.74 Å². The van der Waals surface area contributed by atoms with Crippen LogP contribution in [0.25, 0.3) is 0 Å². The minimum Gasteiger partial charge on any atom is -0.488 e. The fourth-order valence-electron chi connectivity index (χ4n) is 3.19. The summed E-state index contributed by atoms with van der Waals surface area (Å²) in [4.78, 5) is 5.08. The number of benzene rings is 2. The van der Waals surface area contributed by atoms with Crippen molar-refractivity contribution in [1.82, 2.24) is 9.80 Å². The van der Waals surface area contributed by atoms with Crippen LogP contribution in [0.5, 0.6) is 5.75 Å². The van der Waals surface area contributed by atoms with Crippen molar-refractivity contribution in [3.8, 4) is 5.75 Å². The second kappa shape index (κ2) is 8.84. The molecule has 0 saturated carbocycles. The molecule has 2 aromatic carbocycles. The van der Waals surface area contributed by atoms with E-state index in [0.29, 0.717) is 12.6 Å². The molecule has 1 fully saturated rings. The highest BCUT2D eigenvalue weighted by molar-refractivity contribution is 9.10. The first-order chi connectivity index (χ1) is 12.1. The van der Waals surface area contributed by atoms with Crippen molar-refractivity contribution in [3.05, 3.63) is 64.1 Å². The molecule has 0 radical (unpaired) electrons. The van der Waals surface area contributed by atoms with Crippen LogP contribution in [0.4, 0.5) is 0 Å². The molecule has 3 nitrogen and oxygen atoms in total. The molecule has 1 saturated heterocycles. The second-order valence-electron chi connectivity index (χ2n) is 6.94. The van der Waals surface area contributed by atoms with Gasteiger partial charge in [0.2, 0.25) is 0 Å². The highest BCUT2D eigenvalue weighted by Crippen LogP contribution is 2.27. The number of nitrogens with zero attached hydrogens (tertiary/aromatic N) is 2. The van der Waals surface area contributed by atoms with Gasteiger partial charge in [0.25, 0.3) is 0 Å². The summed E-state index contributed by atoms with van der Waals surface area (Å²) in [6.45, 7) is 10.7. The number of piperazine rings is 1. The Balaban J connectivity index is 1.58. The number of rotatable bonds is 6. The van der Waals surface area contributed by atoms with Gasteiger partial charge >= 0.3 is 0 Å². The zero-order valence-electron chi connectivity index (χ0n) is 15.1. The summed E-state index contributed by atoms with van der Waals surface area (Å²) >= 11 is 3.61. The van der Waals surface area contributed by atoms with E-state index in [-0.39, 0.29) is 0 Å². The third kappa shape index (κ3) is 5.30. The van der Waals surface area contributed by atoms with Gasteiger partial charge in [0, 0.05) is 38.8 Å². The van der Waals surface area contributed by atoms with E-state index in [9.17, 15) is 0 Å². The summed E-state index contributed by atoms with van der Waals surface area (Å²) in [5.74, 6) is 0.919. The van der Waals surface area contributed by atoms with Gasteiger partial charge in [-0.3, -0.25) is 9.80 Å². The molecule has 134 valence electrons. The highest BCUT2D eigenvalue weighted by Gasteiger charge is 2.19. The van der Waals surface area contributed by atoms with E-state index in [4.69, 9.17) is 4.74 Å². The Hall–Kier alpha value is -1.36. The quantitative estimate of drug-likeness (QED) is 0.704. The predicted octanol–water partition coefficient (Wildman–Crippen LogP) is 4.55. The largest absolute Gasteiger partial charge is 0.488 e. The van der Waals surface area contributed by atoms with E-state index >= 15 is 0 Å². The molecule has 1 aliphatic heterocycles. The summed E-state index contributed by atoms with van der Waals surface area (Å²) in [5, 5.41) is 0. The van der Waals surface area contributed by atoms with Gasteiger partial charge in [0.1, 0.15) is 12.4 Å². The van der Waals surface area contributed by atoms with Crippen LogP contribution in [0.3, 0.4) is 0 Å². The van der Waals surface area contributed by atoms with Crippen molar-refractivity contribution in [2.24, 2.45) is 0 Å². The molecule has 0 amide bonds. The summed E-state index contributed by atoms with van der Waals surface area (Å²) < 4.78 is 7.04. The minimum absolute atomic E-state index is 0.593. The van der Waals surface area contributed by atoms with Crippen LogP contribution in [-0.2, 0) is 13.2 Å². The van der Waals surface area contributed by atoms with E-state index in [1.165, 1.54) is 11.1 Å². The van der Waals surface area contributed by atoms with Gasteiger partial charge in [0.05, 0.1) is 4.47 Å². The monoisotopic (exact) mass is 402 g/mol. The first kappa shape index (κ1) is 18.4. The lowest BCUT2D eigenvalue weighted by molar-refractivity contribution is 0.104. The van der Waals surface area contributed by atoms with Crippen molar-refractivity contribution < 1.29 is 4.74 Å². The fourth-order valence-corrected chi connectivity index (χ4v) is 3.55.